The van der Waals surface area contributed by atoms with E-state index in [-0.39, 0.29) is 0 Å². The number of furan rings is 1. The highest BCUT2D eigenvalue weighted by atomic mass is 16.3. The highest BCUT2D eigenvalue weighted by Gasteiger charge is 2.31. The van der Waals surface area contributed by atoms with Gasteiger partial charge < -0.3 is 15.9 Å². The van der Waals surface area contributed by atoms with Crippen LogP contribution in [0.25, 0.3) is 11.3 Å². The predicted molar refractivity (Wildman–Crippen MR) is 80.4 cm³/mol. The molecule has 0 aliphatic carbocycles. The van der Waals surface area contributed by atoms with E-state index in [0.29, 0.717) is 6.42 Å². The molecule has 1 aliphatic heterocycles. The largest absolute Gasteiger partial charge is 0.464 e. The average molecular weight is 267 g/mol. The minimum Gasteiger partial charge on any atom is -0.464 e. The first-order valence-electron chi connectivity index (χ1n) is 6.56. The number of hydrogen-bond donors (Lipinski definition) is 2. The summed E-state index contributed by atoms with van der Waals surface area (Å²) in [6.45, 7) is 0. The molecular formula is C16H17N3O. The maximum Gasteiger partial charge on any atom is 0.133 e. The van der Waals surface area contributed by atoms with Gasteiger partial charge in [-0.05, 0) is 36.3 Å². The summed E-state index contributed by atoms with van der Waals surface area (Å²) < 4.78 is 5.42. The Bertz CT molecular complexity index is 646. The van der Waals surface area contributed by atoms with E-state index in [0.717, 1.165) is 16.9 Å². The van der Waals surface area contributed by atoms with Crippen molar-refractivity contribution in [1.82, 2.24) is 0 Å². The van der Waals surface area contributed by atoms with Crippen LogP contribution in [0, 0.1) is 0 Å². The van der Waals surface area contributed by atoms with Gasteiger partial charge in [0, 0.05) is 11.8 Å². The third-order valence-corrected chi connectivity index (χ3v) is 3.53. The molecule has 102 valence electrons. The van der Waals surface area contributed by atoms with E-state index in [1.165, 1.54) is 0 Å². The molecule has 2 aromatic rings. The van der Waals surface area contributed by atoms with E-state index in [9.17, 15) is 0 Å². The highest BCUT2D eigenvalue weighted by Crippen LogP contribution is 2.24. The number of nitrogens with two attached hydrogens (primary N) is 2. The molecule has 0 saturated carbocycles. The predicted octanol–water partition coefficient (Wildman–Crippen LogP) is 2.11. The van der Waals surface area contributed by atoms with Crippen LogP contribution in [0.2, 0.25) is 0 Å². The monoisotopic (exact) mass is 267 g/mol. The molecule has 3 rings (SSSR count). The van der Waals surface area contributed by atoms with Crippen LogP contribution in [0.15, 0.2) is 64.2 Å². The van der Waals surface area contributed by atoms with Crippen molar-refractivity contribution in [1.29, 1.82) is 0 Å². The van der Waals surface area contributed by atoms with Crippen LogP contribution in [0.5, 0.6) is 0 Å². The van der Waals surface area contributed by atoms with Gasteiger partial charge in [-0.2, -0.15) is 0 Å². The molecule has 0 saturated heterocycles. The lowest BCUT2D eigenvalue weighted by atomic mass is 9.87. The Kier molecular flexibility index (Phi) is 3.26. The second-order valence-electron chi connectivity index (χ2n) is 5.07. The lowest BCUT2D eigenvalue weighted by Crippen LogP contribution is -2.55. The van der Waals surface area contributed by atoms with E-state index < -0.39 is 11.7 Å². The molecule has 2 atom stereocenters. The normalized spacial score (nSPS) is 25.0. The maximum atomic E-state index is 6.35. The Balaban J connectivity index is 1.87. The Hall–Kier alpha value is -2.17. The van der Waals surface area contributed by atoms with Crippen LogP contribution >= 0.6 is 0 Å². The summed E-state index contributed by atoms with van der Waals surface area (Å²) in [4.78, 5) is 4.17. The standard InChI is InChI=1S/C16H17N3O/c17-15-16(18,7-3-8-19-15)11-12-4-1-5-13(10-12)14-6-2-9-20-14/h1-10,15H,11,17-18H2. The van der Waals surface area contributed by atoms with Gasteiger partial charge in [-0.1, -0.05) is 24.3 Å². The average Bonchev–Trinajstić information content (AvgIpc) is 2.97. The maximum absolute atomic E-state index is 6.35. The summed E-state index contributed by atoms with van der Waals surface area (Å²) in [5, 5.41) is 0. The topological polar surface area (TPSA) is 77.5 Å². The molecule has 1 aliphatic rings. The van der Waals surface area contributed by atoms with Gasteiger partial charge in [-0.25, -0.2) is 0 Å². The summed E-state index contributed by atoms with van der Waals surface area (Å²) in [5.74, 6) is 0.847. The van der Waals surface area contributed by atoms with Crippen LogP contribution in [0.1, 0.15) is 5.56 Å². The van der Waals surface area contributed by atoms with Crippen LogP contribution < -0.4 is 11.5 Å². The third kappa shape index (κ3) is 2.43. The number of dihydropyridines is 1. The molecule has 4 heteroatoms. The van der Waals surface area contributed by atoms with Crippen LogP contribution in [-0.2, 0) is 6.42 Å². The number of rotatable bonds is 3. The third-order valence-electron chi connectivity index (χ3n) is 3.53. The zero-order valence-electron chi connectivity index (χ0n) is 11.1. The fourth-order valence-corrected chi connectivity index (χ4v) is 2.40. The van der Waals surface area contributed by atoms with Crippen molar-refractivity contribution in [3.63, 3.8) is 0 Å². The Morgan fingerprint density at radius 3 is 2.90 bits per heavy atom. The van der Waals surface area contributed by atoms with Gasteiger partial charge in [0.1, 0.15) is 11.9 Å². The molecule has 1 aromatic heterocycles. The highest BCUT2D eigenvalue weighted by molar-refractivity contribution is 5.73. The van der Waals surface area contributed by atoms with Crippen LogP contribution in [0.4, 0.5) is 0 Å². The zero-order chi connectivity index (χ0) is 14.0. The van der Waals surface area contributed by atoms with Gasteiger partial charge in [0.25, 0.3) is 0 Å². The number of benzene rings is 1. The molecule has 0 spiro atoms. The number of nitrogens with zero attached hydrogens (tertiary/aromatic N) is 1. The quantitative estimate of drug-likeness (QED) is 0.894. The van der Waals surface area contributed by atoms with Crippen molar-refractivity contribution in [3.05, 3.63) is 60.4 Å². The molecule has 1 aromatic carbocycles. The van der Waals surface area contributed by atoms with E-state index in [2.05, 4.69) is 11.1 Å². The second-order valence-corrected chi connectivity index (χ2v) is 5.07. The fourth-order valence-electron chi connectivity index (χ4n) is 2.40. The number of hydrogen-bond acceptors (Lipinski definition) is 4. The molecule has 20 heavy (non-hydrogen) atoms. The van der Waals surface area contributed by atoms with Crippen molar-refractivity contribution >= 4 is 6.21 Å². The van der Waals surface area contributed by atoms with Gasteiger partial charge in [0.2, 0.25) is 0 Å². The molecule has 0 bridgehead atoms. The SMILES string of the molecule is NC1N=CC=CC1(N)Cc1cccc(-c2ccco2)c1. The van der Waals surface area contributed by atoms with Crippen molar-refractivity contribution < 1.29 is 4.42 Å². The lowest BCUT2D eigenvalue weighted by molar-refractivity contribution is 0.426. The van der Waals surface area contributed by atoms with Gasteiger partial charge in [-0.15, -0.1) is 0 Å². The Morgan fingerprint density at radius 2 is 2.15 bits per heavy atom. The minimum atomic E-state index is -0.642. The first kappa shape index (κ1) is 12.8. The summed E-state index contributed by atoms with van der Waals surface area (Å²) >= 11 is 0. The molecule has 0 amide bonds. The van der Waals surface area contributed by atoms with Crippen LogP contribution in [-0.4, -0.2) is 17.9 Å². The van der Waals surface area contributed by atoms with E-state index in [1.807, 2.05) is 42.5 Å². The fraction of sp³-hybridized carbons (Fsp3) is 0.188. The zero-order valence-corrected chi connectivity index (χ0v) is 11.1. The van der Waals surface area contributed by atoms with Crippen molar-refractivity contribution in [2.75, 3.05) is 0 Å². The smallest absolute Gasteiger partial charge is 0.133 e. The first-order valence-corrected chi connectivity index (χ1v) is 6.56. The molecule has 4 N–H and O–H groups in total. The summed E-state index contributed by atoms with van der Waals surface area (Å²) in [6.07, 6.45) is 7.34. The van der Waals surface area contributed by atoms with E-state index >= 15 is 0 Å². The molecule has 0 fully saturated rings. The molecule has 4 nitrogen and oxygen atoms in total. The molecule has 2 heterocycles. The molecule has 0 radical (unpaired) electrons. The van der Waals surface area contributed by atoms with Gasteiger partial charge in [-0.3, -0.25) is 4.99 Å². The van der Waals surface area contributed by atoms with Gasteiger partial charge >= 0.3 is 0 Å². The van der Waals surface area contributed by atoms with Crippen molar-refractivity contribution in [3.8, 4) is 11.3 Å². The van der Waals surface area contributed by atoms with Crippen LogP contribution in [0.3, 0.4) is 0 Å². The van der Waals surface area contributed by atoms with Crippen molar-refractivity contribution in [2.45, 2.75) is 18.1 Å². The van der Waals surface area contributed by atoms with Gasteiger partial charge in [0.15, 0.2) is 0 Å². The van der Waals surface area contributed by atoms with E-state index in [4.69, 9.17) is 15.9 Å². The first-order chi connectivity index (χ1) is 9.67. The Labute approximate surface area is 117 Å². The number of aliphatic imine (C=N–C) groups is 1. The van der Waals surface area contributed by atoms with Gasteiger partial charge in [0.05, 0.1) is 11.8 Å². The number of allylic oxidation sites excluding steroid dienone is 1. The molecule has 2 unspecified atom stereocenters. The summed E-state index contributed by atoms with van der Waals surface area (Å²) in [7, 11) is 0. The lowest BCUT2D eigenvalue weighted by Gasteiger charge is -2.31. The van der Waals surface area contributed by atoms with Crippen molar-refractivity contribution in [2.24, 2.45) is 16.5 Å². The van der Waals surface area contributed by atoms with E-state index in [1.54, 1.807) is 12.5 Å². The second kappa shape index (κ2) is 5.07. The summed E-state index contributed by atoms with van der Waals surface area (Å²) in [5.41, 5.74) is 13.9. The molecular weight excluding hydrogens is 250 g/mol. The Morgan fingerprint density at radius 1 is 1.25 bits per heavy atom. The minimum absolute atomic E-state index is 0.417. The summed E-state index contributed by atoms with van der Waals surface area (Å²) in [6, 6.07) is 11.9.